The molecular formula is C24H26N2O5. The summed E-state index contributed by atoms with van der Waals surface area (Å²) in [7, 11) is 2.59. The Morgan fingerprint density at radius 1 is 0.839 bits per heavy atom. The van der Waals surface area contributed by atoms with Crippen LogP contribution in [0.15, 0.2) is 36.4 Å². The zero-order chi connectivity index (χ0) is 22.5. The Morgan fingerprint density at radius 2 is 1.42 bits per heavy atom. The summed E-state index contributed by atoms with van der Waals surface area (Å²) in [6.45, 7) is 4.20. The monoisotopic (exact) mass is 422 g/mol. The molecule has 0 fully saturated rings. The van der Waals surface area contributed by atoms with E-state index in [0.29, 0.717) is 45.5 Å². The molecule has 7 heteroatoms. The molecule has 0 N–H and O–H groups in total. The minimum absolute atomic E-state index is 0.298. The number of aromatic nitrogens is 2. The van der Waals surface area contributed by atoms with Crippen molar-refractivity contribution in [2.45, 2.75) is 33.1 Å². The minimum atomic E-state index is -0.895. The van der Waals surface area contributed by atoms with Gasteiger partial charge in [-0.2, -0.15) is 0 Å². The first-order valence-electron chi connectivity index (χ1n) is 10.3. The topological polar surface area (TPSA) is 95.5 Å². The lowest BCUT2D eigenvalue weighted by atomic mass is 9.90. The van der Waals surface area contributed by atoms with E-state index in [0.717, 1.165) is 12.8 Å². The Morgan fingerprint density at radius 3 is 1.97 bits per heavy atom. The lowest BCUT2D eigenvalue weighted by Crippen LogP contribution is -2.26. The second kappa shape index (κ2) is 9.64. The maximum Gasteiger partial charge on any atom is 0.340 e. The number of carbonyl (C=O) groups is 3. The van der Waals surface area contributed by atoms with Gasteiger partial charge in [0.25, 0.3) is 0 Å². The molecule has 31 heavy (non-hydrogen) atoms. The number of esters is 2. The molecule has 162 valence electrons. The van der Waals surface area contributed by atoms with Crippen molar-refractivity contribution in [3.63, 3.8) is 0 Å². The predicted molar refractivity (Wildman–Crippen MR) is 117 cm³/mol. The molecule has 0 aliphatic heterocycles. The molecule has 0 spiro atoms. The van der Waals surface area contributed by atoms with Gasteiger partial charge in [0, 0.05) is 5.56 Å². The zero-order valence-electron chi connectivity index (χ0n) is 18.2. The third-order valence-electron chi connectivity index (χ3n) is 5.24. The molecule has 7 nitrogen and oxygen atoms in total. The smallest absolute Gasteiger partial charge is 0.340 e. The highest BCUT2D eigenvalue weighted by molar-refractivity contribution is 6.15. The van der Waals surface area contributed by atoms with E-state index in [1.807, 2.05) is 0 Å². The second-order valence-corrected chi connectivity index (χ2v) is 7.83. The standard InChI is InChI=1S/C24H26N2O5/c1-14(2)8-5-11-17(24(29)31-4)22(27)15-9-6-12-18-20(15)25-19-13-7-10-16(21(19)26-18)23(28)30-3/h6-7,9-10,12-14,17H,5,8,11H2,1-4H3/t17-/m1/s1. The van der Waals surface area contributed by atoms with E-state index in [1.165, 1.54) is 14.2 Å². The summed E-state index contributed by atoms with van der Waals surface area (Å²) in [5.74, 6) is -1.81. The van der Waals surface area contributed by atoms with Gasteiger partial charge in [-0.3, -0.25) is 9.59 Å². The summed E-state index contributed by atoms with van der Waals surface area (Å²) >= 11 is 0. The van der Waals surface area contributed by atoms with Gasteiger partial charge >= 0.3 is 11.9 Å². The van der Waals surface area contributed by atoms with Crippen molar-refractivity contribution in [1.82, 2.24) is 9.97 Å². The van der Waals surface area contributed by atoms with E-state index in [9.17, 15) is 14.4 Å². The van der Waals surface area contributed by atoms with E-state index in [2.05, 4.69) is 23.8 Å². The van der Waals surface area contributed by atoms with Gasteiger partial charge in [-0.15, -0.1) is 0 Å². The number of hydrogen-bond donors (Lipinski definition) is 0. The summed E-state index contributed by atoms with van der Waals surface area (Å²) in [5.41, 5.74) is 2.32. The van der Waals surface area contributed by atoms with E-state index in [1.54, 1.807) is 36.4 Å². The number of carbonyl (C=O) groups excluding carboxylic acids is 3. The number of para-hydroxylation sites is 2. The normalized spacial score (nSPS) is 12.2. The van der Waals surface area contributed by atoms with Crippen LogP contribution in [0.3, 0.4) is 0 Å². The number of ether oxygens (including phenoxy) is 2. The molecule has 0 aliphatic carbocycles. The van der Waals surface area contributed by atoms with Gasteiger partial charge in [-0.1, -0.05) is 38.8 Å². The highest BCUT2D eigenvalue weighted by Crippen LogP contribution is 2.26. The van der Waals surface area contributed by atoms with Crippen LogP contribution in [-0.2, 0) is 14.3 Å². The fraction of sp³-hybridized carbons (Fsp3) is 0.375. The SMILES string of the molecule is COC(=O)c1cccc2nc3c(C(=O)[C@@H](CCCC(C)C)C(=O)OC)cccc3nc12. The summed E-state index contributed by atoms with van der Waals surface area (Å²) in [6, 6.07) is 10.1. The number of nitrogens with zero attached hydrogens (tertiary/aromatic N) is 2. The van der Waals surface area contributed by atoms with Crippen molar-refractivity contribution in [3.05, 3.63) is 47.5 Å². The number of rotatable bonds is 8. The largest absolute Gasteiger partial charge is 0.468 e. The van der Waals surface area contributed by atoms with Crippen molar-refractivity contribution in [2.24, 2.45) is 11.8 Å². The number of hydrogen-bond acceptors (Lipinski definition) is 7. The number of methoxy groups -OCH3 is 2. The second-order valence-electron chi connectivity index (χ2n) is 7.83. The Bertz CT molecular complexity index is 1140. The molecule has 2 aromatic carbocycles. The molecule has 1 heterocycles. The van der Waals surface area contributed by atoms with Gasteiger partial charge in [0.1, 0.15) is 17.0 Å². The molecule has 0 saturated carbocycles. The van der Waals surface area contributed by atoms with Gasteiger partial charge < -0.3 is 9.47 Å². The fourth-order valence-electron chi connectivity index (χ4n) is 3.61. The van der Waals surface area contributed by atoms with E-state index in [-0.39, 0.29) is 5.78 Å². The lowest BCUT2D eigenvalue weighted by Gasteiger charge is -2.15. The van der Waals surface area contributed by atoms with Crippen LogP contribution in [0.2, 0.25) is 0 Å². The Balaban J connectivity index is 2.08. The van der Waals surface area contributed by atoms with Crippen molar-refractivity contribution in [1.29, 1.82) is 0 Å². The molecule has 1 aromatic heterocycles. The first-order chi connectivity index (χ1) is 14.9. The third-order valence-corrected chi connectivity index (χ3v) is 5.24. The van der Waals surface area contributed by atoms with Gasteiger partial charge in [-0.05, 0) is 36.6 Å². The van der Waals surface area contributed by atoms with E-state index >= 15 is 0 Å². The molecule has 0 saturated heterocycles. The molecule has 0 aliphatic rings. The van der Waals surface area contributed by atoms with Crippen molar-refractivity contribution in [3.8, 4) is 0 Å². The lowest BCUT2D eigenvalue weighted by molar-refractivity contribution is -0.143. The van der Waals surface area contributed by atoms with Crippen LogP contribution < -0.4 is 0 Å². The molecule has 3 aromatic rings. The first kappa shape index (κ1) is 22.3. The molecule has 0 unspecified atom stereocenters. The summed E-state index contributed by atoms with van der Waals surface area (Å²) in [5, 5.41) is 0. The molecule has 0 radical (unpaired) electrons. The highest BCUT2D eigenvalue weighted by Gasteiger charge is 2.30. The predicted octanol–water partition coefficient (Wildman–Crippen LogP) is 4.37. The van der Waals surface area contributed by atoms with Crippen LogP contribution in [0.25, 0.3) is 22.1 Å². The van der Waals surface area contributed by atoms with Crippen LogP contribution in [0.4, 0.5) is 0 Å². The molecule has 1 atom stereocenters. The molecular weight excluding hydrogens is 396 g/mol. The zero-order valence-corrected chi connectivity index (χ0v) is 18.2. The molecule has 0 amide bonds. The van der Waals surface area contributed by atoms with Crippen LogP contribution in [-0.4, -0.2) is 41.9 Å². The number of benzene rings is 2. The Labute approximate surface area is 180 Å². The fourth-order valence-corrected chi connectivity index (χ4v) is 3.61. The van der Waals surface area contributed by atoms with Gasteiger partial charge in [0.05, 0.1) is 30.8 Å². The Kier molecular flexibility index (Phi) is 6.95. The Hall–Kier alpha value is -3.35. The van der Waals surface area contributed by atoms with Crippen LogP contribution in [0.5, 0.6) is 0 Å². The van der Waals surface area contributed by atoms with Gasteiger partial charge in [-0.25, -0.2) is 14.8 Å². The van der Waals surface area contributed by atoms with Crippen molar-refractivity contribution < 1.29 is 23.9 Å². The van der Waals surface area contributed by atoms with Crippen LogP contribution in [0.1, 0.15) is 53.8 Å². The van der Waals surface area contributed by atoms with Crippen LogP contribution >= 0.6 is 0 Å². The molecule has 3 rings (SSSR count). The summed E-state index contributed by atoms with van der Waals surface area (Å²) in [4.78, 5) is 47.0. The highest BCUT2D eigenvalue weighted by atomic mass is 16.5. The quantitative estimate of drug-likeness (QED) is 0.230. The average molecular weight is 422 g/mol. The van der Waals surface area contributed by atoms with E-state index < -0.39 is 17.9 Å². The maximum atomic E-state index is 13.3. The maximum absolute atomic E-state index is 13.3. The first-order valence-corrected chi connectivity index (χ1v) is 10.3. The van der Waals surface area contributed by atoms with Crippen molar-refractivity contribution >= 4 is 39.8 Å². The number of fused-ring (bicyclic) bond motifs is 2. The minimum Gasteiger partial charge on any atom is -0.468 e. The average Bonchev–Trinajstić information content (AvgIpc) is 2.78. The summed E-state index contributed by atoms with van der Waals surface area (Å²) in [6.07, 6.45) is 2.07. The molecule has 0 bridgehead atoms. The third kappa shape index (κ3) is 4.71. The van der Waals surface area contributed by atoms with Crippen LogP contribution in [0, 0.1) is 11.8 Å². The number of ketones is 1. The van der Waals surface area contributed by atoms with Gasteiger partial charge in [0.2, 0.25) is 0 Å². The summed E-state index contributed by atoms with van der Waals surface area (Å²) < 4.78 is 9.73. The van der Waals surface area contributed by atoms with Gasteiger partial charge in [0.15, 0.2) is 5.78 Å². The number of Topliss-reactive ketones (excluding diaryl/α,β-unsaturated/α-hetero) is 1. The van der Waals surface area contributed by atoms with E-state index in [4.69, 9.17) is 9.47 Å². The van der Waals surface area contributed by atoms with Crippen molar-refractivity contribution in [2.75, 3.05) is 14.2 Å².